The molecule has 154 valence electrons. The van der Waals surface area contributed by atoms with Gasteiger partial charge in [0.2, 0.25) is 5.91 Å². The maximum atomic E-state index is 14.1. The Labute approximate surface area is 171 Å². The van der Waals surface area contributed by atoms with Crippen LogP contribution in [-0.2, 0) is 11.2 Å². The number of nitrogens with zero attached hydrogens (tertiary/aromatic N) is 1. The molecule has 1 aliphatic rings. The second-order valence-electron chi connectivity index (χ2n) is 7.45. The molecule has 0 radical (unpaired) electrons. The summed E-state index contributed by atoms with van der Waals surface area (Å²) in [7, 11) is 0. The molecule has 0 bridgehead atoms. The predicted octanol–water partition coefficient (Wildman–Crippen LogP) is 5.74. The summed E-state index contributed by atoms with van der Waals surface area (Å²) in [6.45, 7) is 0.352. The van der Waals surface area contributed by atoms with Crippen LogP contribution in [0.25, 0.3) is 0 Å². The van der Waals surface area contributed by atoms with E-state index in [0.717, 1.165) is 29.3 Å². The van der Waals surface area contributed by atoms with Gasteiger partial charge in [-0.3, -0.25) is 4.79 Å². The van der Waals surface area contributed by atoms with Crippen molar-refractivity contribution in [3.8, 4) is 0 Å². The number of carbonyl (C=O) groups excluding carboxylic acids is 1. The molecule has 1 aliphatic heterocycles. The highest BCUT2D eigenvalue weighted by Gasteiger charge is 2.28. The fourth-order valence-corrected chi connectivity index (χ4v) is 4.06. The maximum absolute atomic E-state index is 14.1. The van der Waals surface area contributed by atoms with Crippen LogP contribution in [0, 0.1) is 23.3 Å². The highest BCUT2D eigenvalue weighted by atomic mass is 19.1. The molecule has 0 saturated heterocycles. The van der Waals surface area contributed by atoms with Crippen LogP contribution in [0.15, 0.2) is 60.7 Å². The molecular formula is C24H19F4NO. The van der Waals surface area contributed by atoms with Crippen LogP contribution in [0.5, 0.6) is 0 Å². The Hall–Kier alpha value is -3.15. The number of benzene rings is 3. The van der Waals surface area contributed by atoms with Gasteiger partial charge in [0.05, 0.1) is 12.1 Å². The number of carbonyl (C=O) groups is 1. The summed E-state index contributed by atoms with van der Waals surface area (Å²) in [6, 6.07) is 13.4. The molecule has 1 heterocycles. The van der Waals surface area contributed by atoms with Gasteiger partial charge in [0.1, 0.15) is 23.3 Å². The van der Waals surface area contributed by atoms with Gasteiger partial charge in [0.15, 0.2) is 0 Å². The van der Waals surface area contributed by atoms with Crippen molar-refractivity contribution in [1.82, 2.24) is 0 Å². The zero-order valence-corrected chi connectivity index (χ0v) is 16.0. The number of hydrogen-bond acceptors (Lipinski definition) is 1. The van der Waals surface area contributed by atoms with E-state index >= 15 is 0 Å². The van der Waals surface area contributed by atoms with E-state index in [-0.39, 0.29) is 29.6 Å². The minimum Gasteiger partial charge on any atom is -0.312 e. The first-order valence-electron chi connectivity index (χ1n) is 9.71. The van der Waals surface area contributed by atoms with E-state index in [1.54, 1.807) is 18.2 Å². The fraction of sp³-hybridized carbons (Fsp3) is 0.208. The summed E-state index contributed by atoms with van der Waals surface area (Å²) in [4.78, 5) is 14.5. The lowest BCUT2D eigenvalue weighted by molar-refractivity contribution is -0.118. The Morgan fingerprint density at radius 2 is 1.50 bits per heavy atom. The van der Waals surface area contributed by atoms with E-state index in [0.29, 0.717) is 25.1 Å². The molecular weight excluding hydrogens is 394 g/mol. The van der Waals surface area contributed by atoms with Gasteiger partial charge in [0, 0.05) is 18.5 Å². The molecule has 1 amide bonds. The van der Waals surface area contributed by atoms with Gasteiger partial charge >= 0.3 is 0 Å². The summed E-state index contributed by atoms with van der Waals surface area (Å²) in [5.74, 6) is -2.82. The van der Waals surface area contributed by atoms with E-state index < -0.39 is 17.5 Å². The highest BCUT2D eigenvalue weighted by molar-refractivity contribution is 5.95. The van der Waals surface area contributed by atoms with Crippen LogP contribution in [0.1, 0.15) is 35.4 Å². The van der Waals surface area contributed by atoms with Gasteiger partial charge in [-0.15, -0.1) is 0 Å². The number of amides is 1. The van der Waals surface area contributed by atoms with E-state index in [9.17, 15) is 22.4 Å². The van der Waals surface area contributed by atoms with Crippen molar-refractivity contribution in [2.24, 2.45) is 0 Å². The Morgan fingerprint density at radius 1 is 0.833 bits per heavy atom. The molecule has 0 aromatic heterocycles. The lowest BCUT2D eigenvalue weighted by Gasteiger charge is -2.24. The molecule has 6 heteroatoms. The summed E-state index contributed by atoms with van der Waals surface area (Å²) in [6.07, 6.45) is 1.14. The van der Waals surface area contributed by atoms with Crippen LogP contribution >= 0.6 is 0 Å². The lowest BCUT2D eigenvalue weighted by atomic mass is 9.87. The van der Waals surface area contributed by atoms with Crippen molar-refractivity contribution in [3.05, 3.63) is 101 Å². The fourth-order valence-electron chi connectivity index (χ4n) is 4.06. The topological polar surface area (TPSA) is 20.3 Å². The number of anilines is 1. The zero-order chi connectivity index (χ0) is 21.3. The average molecular weight is 413 g/mol. The van der Waals surface area contributed by atoms with Gasteiger partial charge in [-0.1, -0.05) is 18.2 Å². The van der Waals surface area contributed by atoms with Crippen molar-refractivity contribution < 1.29 is 22.4 Å². The Bertz CT molecular complexity index is 1060. The molecule has 4 rings (SSSR count). The molecule has 3 aromatic rings. The van der Waals surface area contributed by atoms with Crippen molar-refractivity contribution in [2.45, 2.75) is 25.2 Å². The van der Waals surface area contributed by atoms with Crippen LogP contribution in [-0.4, -0.2) is 12.5 Å². The van der Waals surface area contributed by atoms with Gasteiger partial charge in [0.25, 0.3) is 0 Å². The minimum absolute atomic E-state index is 0.120. The molecule has 0 spiro atoms. The average Bonchev–Trinajstić information content (AvgIpc) is 2.87. The van der Waals surface area contributed by atoms with Crippen LogP contribution in [0.3, 0.4) is 0 Å². The largest absolute Gasteiger partial charge is 0.312 e. The van der Waals surface area contributed by atoms with Crippen LogP contribution < -0.4 is 4.90 Å². The number of rotatable bonds is 3. The van der Waals surface area contributed by atoms with Crippen molar-refractivity contribution >= 4 is 11.6 Å². The first-order chi connectivity index (χ1) is 14.4. The molecule has 2 nitrogen and oxygen atoms in total. The van der Waals surface area contributed by atoms with E-state index in [1.807, 2.05) is 0 Å². The molecule has 30 heavy (non-hydrogen) atoms. The second-order valence-corrected chi connectivity index (χ2v) is 7.45. The van der Waals surface area contributed by atoms with Gasteiger partial charge in [-0.25, -0.2) is 17.6 Å². The molecule has 0 saturated carbocycles. The van der Waals surface area contributed by atoms with Gasteiger partial charge < -0.3 is 4.90 Å². The van der Waals surface area contributed by atoms with E-state index in [4.69, 9.17) is 0 Å². The summed E-state index contributed by atoms with van der Waals surface area (Å²) < 4.78 is 54.5. The molecule has 3 aromatic carbocycles. The maximum Gasteiger partial charge on any atom is 0.231 e. The molecule has 0 aliphatic carbocycles. The first-order valence-corrected chi connectivity index (χ1v) is 9.71. The third-order valence-electron chi connectivity index (χ3n) is 5.38. The molecule has 0 N–H and O–H groups in total. The summed E-state index contributed by atoms with van der Waals surface area (Å²) in [5, 5.41) is 0. The predicted molar refractivity (Wildman–Crippen MR) is 106 cm³/mol. The van der Waals surface area contributed by atoms with Crippen molar-refractivity contribution in [3.63, 3.8) is 0 Å². The van der Waals surface area contributed by atoms with Crippen molar-refractivity contribution in [2.75, 3.05) is 11.4 Å². The van der Waals surface area contributed by atoms with E-state index in [2.05, 4.69) is 0 Å². The van der Waals surface area contributed by atoms with Crippen LogP contribution in [0.4, 0.5) is 23.2 Å². The smallest absolute Gasteiger partial charge is 0.231 e. The quantitative estimate of drug-likeness (QED) is 0.501. The Morgan fingerprint density at radius 3 is 2.20 bits per heavy atom. The van der Waals surface area contributed by atoms with Crippen molar-refractivity contribution in [1.29, 1.82) is 0 Å². The highest BCUT2D eigenvalue weighted by Crippen LogP contribution is 2.39. The minimum atomic E-state index is -0.753. The Balaban J connectivity index is 1.69. The van der Waals surface area contributed by atoms with E-state index in [1.165, 1.54) is 29.2 Å². The van der Waals surface area contributed by atoms with Gasteiger partial charge in [-0.2, -0.15) is 0 Å². The lowest BCUT2D eigenvalue weighted by Crippen LogP contribution is -2.33. The third-order valence-corrected chi connectivity index (χ3v) is 5.38. The number of fused-ring (bicyclic) bond motifs is 1. The van der Waals surface area contributed by atoms with Crippen LogP contribution in [0.2, 0.25) is 0 Å². The molecule has 0 fully saturated rings. The third kappa shape index (κ3) is 4.22. The Kier molecular flexibility index (Phi) is 5.57. The SMILES string of the molecule is O=C(Cc1cc(F)cc(F)c1)N1CCCC(c2ccc(F)cc2)c2ccc(F)cc21. The molecule has 1 unspecified atom stereocenters. The van der Waals surface area contributed by atoms with Gasteiger partial charge in [-0.05, 0) is 65.9 Å². The monoisotopic (exact) mass is 413 g/mol. The normalized spacial score (nSPS) is 16.1. The summed E-state index contributed by atoms with van der Waals surface area (Å²) in [5.41, 5.74) is 2.29. The first kappa shape index (κ1) is 20.1. The number of hydrogen-bond donors (Lipinski definition) is 0. The number of halogens is 4. The molecule has 1 atom stereocenters. The second kappa shape index (κ2) is 8.30. The summed E-state index contributed by atoms with van der Waals surface area (Å²) >= 11 is 0. The zero-order valence-electron chi connectivity index (χ0n) is 16.0. The standard InChI is InChI=1S/C24H19F4NO/c25-17-5-3-16(4-6-17)21-2-1-9-29(23-14-18(26)7-8-22(21)23)24(30)12-15-10-19(27)13-20(28)11-15/h3-8,10-11,13-14,21H,1-2,9,12H2.